The van der Waals surface area contributed by atoms with E-state index in [0.29, 0.717) is 5.82 Å². The van der Waals surface area contributed by atoms with Gasteiger partial charge >= 0.3 is 0 Å². The Morgan fingerprint density at radius 2 is 1.94 bits per heavy atom. The van der Waals surface area contributed by atoms with Crippen LogP contribution < -0.4 is 4.90 Å². The fourth-order valence-corrected chi connectivity index (χ4v) is 1.78. The molecule has 3 rings (SSSR count). The number of carbonyl (C=O) groups is 1. The molecule has 0 saturated heterocycles. The number of rotatable bonds is 1. The SMILES string of the molecule is O=C1c2nccnc2C(O)N1c1ccccn1. The van der Waals surface area contributed by atoms with Crippen molar-refractivity contribution in [3.8, 4) is 0 Å². The van der Waals surface area contributed by atoms with Crippen LogP contribution in [0.1, 0.15) is 22.4 Å². The number of fused-ring (bicyclic) bond motifs is 1. The largest absolute Gasteiger partial charge is 0.367 e. The molecule has 6 heteroatoms. The lowest BCUT2D eigenvalue weighted by Crippen LogP contribution is -2.28. The van der Waals surface area contributed by atoms with Crippen molar-refractivity contribution in [3.63, 3.8) is 0 Å². The molecule has 1 aliphatic rings. The zero-order chi connectivity index (χ0) is 11.8. The third-order valence-corrected chi connectivity index (χ3v) is 2.53. The van der Waals surface area contributed by atoms with Gasteiger partial charge in [-0.1, -0.05) is 6.07 Å². The summed E-state index contributed by atoms with van der Waals surface area (Å²) >= 11 is 0. The maximum atomic E-state index is 12.0. The van der Waals surface area contributed by atoms with E-state index in [-0.39, 0.29) is 17.3 Å². The van der Waals surface area contributed by atoms with Crippen LogP contribution in [0.25, 0.3) is 0 Å². The van der Waals surface area contributed by atoms with E-state index in [1.807, 2.05) is 0 Å². The van der Waals surface area contributed by atoms with Crippen molar-refractivity contribution in [1.29, 1.82) is 0 Å². The number of hydrogen-bond donors (Lipinski definition) is 1. The molecular weight excluding hydrogens is 220 g/mol. The maximum Gasteiger partial charge on any atom is 0.282 e. The van der Waals surface area contributed by atoms with Crippen molar-refractivity contribution >= 4 is 11.7 Å². The molecule has 84 valence electrons. The molecule has 0 fully saturated rings. The Morgan fingerprint density at radius 1 is 1.12 bits per heavy atom. The van der Waals surface area contributed by atoms with Crippen LogP contribution in [0.2, 0.25) is 0 Å². The van der Waals surface area contributed by atoms with Gasteiger partial charge in [0.2, 0.25) is 0 Å². The minimum Gasteiger partial charge on any atom is -0.367 e. The lowest BCUT2D eigenvalue weighted by Gasteiger charge is -2.18. The smallest absolute Gasteiger partial charge is 0.282 e. The van der Waals surface area contributed by atoms with Gasteiger partial charge in [0.15, 0.2) is 11.9 Å². The van der Waals surface area contributed by atoms with E-state index in [1.165, 1.54) is 17.3 Å². The highest BCUT2D eigenvalue weighted by atomic mass is 16.3. The Kier molecular flexibility index (Phi) is 2.09. The number of carbonyl (C=O) groups excluding carboxylic acids is 1. The van der Waals surface area contributed by atoms with Crippen LogP contribution >= 0.6 is 0 Å². The summed E-state index contributed by atoms with van der Waals surface area (Å²) < 4.78 is 0. The van der Waals surface area contributed by atoms with E-state index in [2.05, 4.69) is 15.0 Å². The Labute approximate surface area is 96.6 Å². The first kappa shape index (κ1) is 9.86. The van der Waals surface area contributed by atoms with Crippen LogP contribution in [-0.2, 0) is 0 Å². The van der Waals surface area contributed by atoms with Crippen molar-refractivity contribution in [2.45, 2.75) is 6.23 Å². The van der Waals surface area contributed by atoms with Gasteiger partial charge in [-0.05, 0) is 12.1 Å². The summed E-state index contributed by atoms with van der Waals surface area (Å²) in [5, 5.41) is 10.0. The summed E-state index contributed by atoms with van der Waals surface area (Å²) in [6, 6.07) is 5.12. The van der Waals surface area contributed by atoms with Gasteiger partial charge in [0.25, 0.3) is 5.91 Å². The first-order chi connectivity index (χ1) is 8.29. The second-order valence-electron chi connectivity index (χ2n) is 3.53. The summed E-state index contributed by atoms with van der Waals surface area (Å²) in [6.07, 6.45) is 3.29. The average molecular weight is 228 g/mol. The number of aliphatic hydroxyl groups is 1. The van der Waals surface area contributed by atoms with Crippen molar-refractivity contribution in [2.24, 2.45) is 0 Å². The summed E-state index contributed by atoms with van der Waals surface area (Å²) in [5.74, 6) is -0.0101. The highest BCUT2D eigenvalue weighted by molar-refractivity contribution is 6.08. The number of aromatic nitrogens is 3. The molecule has 3 heterocycles. The highest BCUT2D eigenvalue weighted by Gasteiger charge is 2.39. The zero-order valence-electron chi connectivity index (χ0n) is 8.69. The van der Waals surface area contributed by atoms with Crippen LogP contribution in [0, 0.1) is 0 Å². The molecule has 1 N–H and O–H groups in total. The molecule has 0 saturated carbocycles. The van der Waals surface area contributed by atoms with Gasteiger partial charge in [0.1, 0.15) is 11.5 Å². The molecule has 1 amide bonds. The molecule has 6 nitrogen and oxygen atoms in total. The standard InChI is InChI=1S/C11H8N4O2/c16-10-8-9(14-6-5-13-8)11(17)15(10)7-3-1-2-4-12-7/h1-6,10,16H. The molecule has 17 heavy (non-hydrogen) atoms. The molecule has 1 atom stereocenters. The number of anilines is 1. The average Bonchev–Trinajstić information content (AvgIpc) is 2.64. The van der Waals surface area contributed by atoms with E-state index in [0.717, 1.165) is 0 Å². The maximum absolute atomic E-state index is 12.0. The summed E-state index contributed by atoms with van der Waals surface area (Å²) in [5.41, 5.74) is 0.439. The van der Waals surface area contributed by atoms with Crippen molar-refractivity contribution < 1.29 is 9.90 Å². The van der Waals surface area contributed by atoms with E-state index >= 15 is 0 Å². The summed E-state index contributed by atoms with van der Waals surface area (Å²) in [7, 11) is 0. The fraction of sp³-hybridized carbons (Fsp3) is 0.0909. The van der Waals surface area contributed by atoms with E-state index in [1.54, 1.807) is 24.4 Å². The fourth-order valence-electron chi connectivity index (χ4n) is 1.78. The number of hydrogen-bond acceptors (Lipinski definition) is 5. The summed E-state index contributed by atoms with van der Waals surface area (Å²) in [4.78, 5) is 25.1. The number of aliphatic hydroxyl groups excluding tert-OH is 1. The first-order valence-electron chi connectivity index (χ1n) is 5.02. The third-order valence-electron chi connectivity index (χ3n) is 2.53. The van der Waals surface area contributed by atoms with E-state index < -0.39 is 6.23 Å². The lowest BCUT2D eigenvalue weighted by molar-refractivity contribution is 0.0929. The molecule has 1 aliphatic heterocycles. The van der Waals surface area contributed by atoms with Gasteiger partial charge in [0, 0.05) is 18.6 Å². The Balaban J connectivity index is 2.10. The normalized spacial score (nSPS) is 18.3. The van der Waals surface area contributed by atoms with Gasteiger partial charge in [0.05, 0.1) is 0 Å². The minimum atomic E-state index is -1.12. The van der Waals surface area contributed by atoms with Gasteiger partial charge in [-0.3, -0.25) is 14.7 Å². The second-order valence-corrected chi connectivity index (χ2v) is 3.53. The Morgan fingerprint density at radius 3 is 2.65 bits per heavy atom. The van der Waals surface area contributed by atoms with Crippen LogP contribution in [0.15, 0.2) is 36.8 Å². The minimum absolute atomic E-state index is 0.172. The monoisotopic (exact) mass is 228 g/mol. The quantitative estimate of drug-likeness (QED) is 0.769. The molecule has 0 radical (unpaired) electrons. The molecule has 0 spiro atoms. The van der Waals surface area contributed by atoms with Crippen molar-refractivity contribution in [2.75, 3.05) is 4.90 Å². The van der Waals surface area contributed by atoms with Gasteiger partial charge in [-0.15, -0.1) is 0 Å². The Hall–Kier alpha value is -2.34. The predicted molar refractivity (Wildman–Crippen MR) is 58.0 cm³/mol. The van der Waals surface area contributed by atoms with Gasteiger partial charge in [-0.2, -0.15) is 0 Å². The molecule has 1 unspecified atom stereocenters. The number of amides is 1. The van der Waals surface area contributed by atoms with Gasteiger partial charge < -0.3 is 5.11 Å². The number of nitrogens with zero attached hydrogens (tertiary/aromatic N) is 4. The van der Waals surface area contributed by atoms with E-state index in [9.17, 15) is 9.90 Å². The van der Waals surface area contributed by atoms with Crippen LogP contribution in [0.4, 0.5) is 5.82 Å². The zero-order valence-corrected chi connectivity index (χ0v) is 8.69. The molecule has 0 aliphatic carbocycles. The van der Waals surface area contributed by atoms with Crippen LogP contribution in [-0.4, -0.2) is 26.0 Å². The molecule has 2 aromatic heterocycles. The van der Waals surface area contributed by atoms with Gasteiger partial charge in [-0.25, -0.2) is 9.97 Å². The Bertz CT molecular complexity index is 573. The lowest BCUT2D eigenvalue weighted by atomic mass is 10.3. The number of pyridine rings is 1. The van der Waals surface area contributed by atoms with Crippen molar-refractivity contribution in [3.05, 3.63) is 48.2 Å². The van der Waals surface area contributed by atoms with Crippen molar-refractivity contribution in [1.82, 2.24) is 15.0 Å². The van der Waals surface area contributed by atoms with Crippen LogP contribution in [0.5, 0.6) is 0 Å². The molecule has 0 bridgehead atoms. The van der Waals surface area contributed by atoms with E-state index in [4.69, 9.17) is 0 Å². The molecule has 2 aromatic rings. The first-order valence-corrected chi connectivity index (χ1v) is 5.02. The topological polar surface area (TPSA) is 79.2 Å². The predicted octanol–water partition coefficient (Wildman–Crippen LogP) is 0.523. The second kappa shape index (κ2) is 3.60. The highest BCUT2D eigenvalue weighted by Crippen LogP contribution is 2.31. The summed E-state index contributed by atoms with van der Waals surface area (Å²) in [6.45, 7) is 0. The molecule has 0 aromatic carbocycles. The molecular formula is C11H8N4O2. The van der Waals surface area contributed by atoms with Crippen LogP contribution in [0.3, 0.4) is 0 Å². The third kappa shape index (κ3) is 1.38.